The highest BCUT2D eigenvalue weighted by Crippen LogP contribution is 2.29. The second-order valence-corrected chi connectivity index (χ2v) is 3.82. The Morgan fingerprint density at radius 1 is 1.41 bits per heavy atom. The molecule has 0 spiro atoms. The maximum absolute atomic E-state index is 11.5. The number of halogens is 1. The molecule has 0 saturated carbocycles. The van der Waals surface area contributed by atoms with Crippen molar-refractivity contribution < 1.29 is 14.5 Å². The molecular formula is C9H6ClN3O4. The molecule has 1 aromatic rings. The molecule has 0 aliphatic carbocycles. The van der Waals surface area contributed by atoms with Crippen LogP contribution in [0.25, 0.3) is 0 Å². The molecule has 1 aromatic heterocycles. The van der Waals surface area contributed by atoms with Gasteiger partial charge in [0.1, 0.15) is 5.15 Å². The quantitative estimate of drug-likeness (QED) is 0.339. The molecule has 0 N–H and O–H groups in total. The molecule has 0 atom stereocenters. The lowest BCUT2D eigenvalue weighted by atomic mass is 10.3. The zero-order chi connectivity index (χ0) is 12.6. The first-order valence-corrected chi connectivity index (χ1v) is 5.00. The molecule has 1 aliphatic heterocycles. The highest BCUT2D eigenvalue weighted by atomic mass is 35.5. The fraction of sp³-hybridized carbons (Fsp3) is 0.222. The maximum Gasteiger partial charge on any atom is 0.312 e. The van der Waals surface area contributed by atoms with Crippen molar-refractivity contribution in [3.05, 3.63) is 27.4 Å². The highest BCUT2D eigenvalue weighted by molar-refractivity contribution is 6.29. The van der Waals surface area contributed by atoms with Crippen LogP contribution in [0.4, 0.5) is 11.5 Å². The largest absolute Gasteiger partial charge is 0.312 e. The summed E-state index contributed by atoms with van der Waals surface area (Å²) in [6.45, 7) is -0.201. The number of nitro groups is 1. The molecule has 8 heteroatoms. The number of rotatable bonds is 2. The van der Waals surface area contributed by atoms with E-state index >= 15 is 0 Å². The minimum atomic E-state index is -0.672. The number of hydrogen-bond donors (Lipinski definition) is 0. The van der Waals surface area contributed by atoms with E-state index in [0.717, 1.165) is 11.0 Å². The van der Waals surface area contributed by atoms with Crippen molar-refractivity contribution in [2.75, 3.05) is 11.4 Å². The number of ketones is 1. The summed E-state index contributed by atoms with van der Waals surface area (Å²) in [5.41, 5.74) is -0.350. The Hall–Kier alpha value is -2.02. The topological polar surface area (TPSA) is 93.4 Å². The summed E-state index contributed by atoms with van der Waals surface area (Å²) in [6.07, 6.45) is -0.259. The zero-order valence-corrected chi connectivity index (χ0v) is 9.18. The van der Waals surface area contributed by atoms with E-state index in [1.165, 1.54) is 6.07 Å². The molecule has 17 heavy (non-hydrogen) atoms. The SMILES string of the molecule is O=C1CC(=O)N(c2nc(Cl)ccc2[N+](=O)[O-])C1. The van der Waals surface area contributed by atoms with Crippen LogP contribution in [0.2, 0.25) is 5.15 Å². The Morgan fingerprint density at radius 3 is 2.65 bits per heavy atom. The van der Waals surface area contributed by atoms with Crippen LogP contribution >= 0.6 is 11.6 Å². The van der Waals surface area contributed by atoms with Gasteiger partial charge in [0.25, 0.3) is 0 Å². The van der Waals surface area contributed by atoms with Crippen LogP contribution in [0, 0.1) is 10.1 Å². The van der Waals surface area contributed by atoms with Gasteiger partial charge < -0.3 is 0 Å². The minimum Gasteiger partial charge on any atom is -0.297 e. The van der Waals surface area contributed by atoms with Crippen LogP contribution in [-0.4, -0.2) is 28.1 Å². The predicted octanol–water partition coefficient (Wildman–Crippen LogP) is 0.949. The van der Waals surface area contributed by atoms with Gasteiger partial charge in [-0.25, -0.2) is 4.98 Å². The second kappa shape index (κ2) is 4.10. The van der Waals surface area contributed by atoms with Crippen LogP contribution in [0.5, 0.6) is 0 Å². The number of pyridine rings is 1. The van der Waals surface area contributed by atoms with Crippen LogP contribution < -0.4 is 4.90 Å². The third-order valence-electron chi connectivity index (χ3n) is 2.26. The van der Waals surface area contributed by atoms with Crippen LogP contribution in [0.1, 0.15) is 6.42 Å². The monoisotopic (exact) mass is 255 g/mol. The predicted molar refractivity (Wildman–Crippen MR) is 57.9 cm³/mol. The normalized spacial score (nSPS) is 15.5. The van der Waals surface area contributed by atoms with E-state index in [4.69, 9.17) is 11.6 Å². The van der Waals surface area contributed by atoms with Gasteiger partial charge in [-0.3, -0.25) is 24.6 Å². The maximum atomic E-state index is 11.5. The summed E-state index contributed by atoms with van der Waals surface area (Å²) >= 11 is 5.63. The molecule has 2 rings (SSSR count). The van der Waals surface area contributed by atoms with Crippen molar-refractivity contribution >= 4 is 34.8 Å². The Labute approximate surface area is 100 Å². The smallest absolute Gasteiger partial charge is 0.297 e. The number of Topliss-reactive ketones (excluding diaryl/α,β-unsaturated/α-hetero) is 1. The van der Waals surface area contributed by atoms with Gasteiger partial charge in [-0.1, -0.05) is 11.6 Å². The molecule has 1 aliphatic rings. The van der Waals surface area contributed by atoms with Crippen molar-refractivity contribution in [1.82, 2.24) is 4.98 Å². The van der Waals surface area contributed by atoms with Crippen LogP contribution in [0.15, 0.2) is 12.1 Å². The fourth-order valence-electron chi connectivity index (χ4n) is 1.54. The zero-order valence-electron chi connectivity index (χ0n) is 8.42. The van der Waals surface area contributed by atoms with Crippen LogP contribution in [0.3, 0.4) is 0 Å². The lowest BCUT2D eigenvalue weighted by molar-refractivity contribution is -0.384. The third-order valence-corrected chi connectivity index (χ3v) is 2.47. The number of aromatic nitrogens is 1. The van der Waals surface area contributed by atoms with Gasteiger partial charge in [0.2, 0.25) is 11.7 Å². The van der Waals surface area contributed by atoms with E-state index in [2.05, 4.69) is 4.98 Å². The number of hydrogen-bond acceptors (Lipinski definition) is 5. The average Bonchev–Trinajstić information content (AvgIpc) is 2.57. The summed E-state index contributed by atoms with van der Waals surface area (Å²) in [5, 5.41) is 10.8. The van der Waals surface area contributed by atoms with Gasteiger partial charge in [-0.2, -0.15) is 0 Å². The third kappa shape index (κ3) is 2.09. The Balaban J connectivity index is 2.50. The first-order valence-electron chi connectivity index (χ1n) is 4.62. The fourth-order valence-corrected chi connectivity index (χ4v) is 1.68. The average molecular weight is 256 g/mol. The number of amides is 1. The molecule has 1 saturated heterocycles. The van der Waals surface area contributed by atoms with Gasteiger partial charge in [0.15, 0.2) is 5.78 Å². The molecule has 1 amide bonds. The lowest BCUT2D eigenvalue weighted by Crippen LogP contribution is -2.26. The van der Waals surface area contributed by atoms with Gasteiger partial charge >= 0.3 is 5.69 Å². The van der Waals surface area contributed by atoms with E-state index in [1.807, 2.05) is 0 Å². The van der Waals surface area contributed by atoms with Crippen molar-refractivity contribution in [3.8, 4) is 0 Å². The molecule has 2 heterocycles. The molecule has 1 fully saturated rings. The Bertz CT molecular complexity index is 531. The van der Waals surface area contributed by atoms with E-state index in [0.29, 0.717) is 0 Å². The van der Waals surface area contributed by atoms with Crippen LogP contribution in [-0.2, 0) is 9.59 Å². The summed E-state index contributed by atoms with van der Waals surface area (Å²) in [4.78, 5) is 37.4. The number of nitrogens with zero attached hydrogens (tertiary/aromatic N) is 3. The van der Waals surface area contributed by atoms with E-state index in [1.54, 1.807) is 0 Å². The van der Waals surface area contributed by atoms with Gasteiger partial charge in [0.05, 0.1) is 17.9 Å². The van der Waals surface area contributed by atoms with Gasteiger partial charge in [-0.15, -0.1) is 0 Å². The first kappa shape index (κ1) is 11.5. The molecule has 7 nitrogen and oxygen atoms in total. The number of carbonyl (C=O) groups excluding carboxylic acids is 2. The Morgan fingerprint density at radius 2 is 2.12 bits per heavy atom. The van der Waals surface area contributed by atoms with Crippen molar-refractivity contribution in [2.24, 2.45) is 0 Å². The number of anilines is 1. The Kier molecular flexibility index (Phi) is 2.76. The van der Waals surface area contributed by atoms with Crippen molar-refractivity contribution in [3.63, 3.8) is 0 Å². The molecule has 0 unspecified atom stereocenters. The summed E-state index contributed by atoms with van der Waals surface area (Å²) in [5.74, 6) is -0.989. The van der Waals surface area contributed by atoms with Gasteiger partial charge in [-0.05, 0) is 6.07 Å². The first-order chi connectivity index (χ1) is 7.99. The minimum absolute atomic E-state index is 0.0257. The second-order valence-electron chi connectivity index (χ2n) is 3.43. The molecule has 88 valence electrons. The summed E-state index contributed by atoms with van der Waals surface area (Å²) < 4.78 is 0. The number of carbonyl (C=O) groups is 2. The standard InChI is InChI=1S/C9H6ClN3O4/c10-7-2-1-6(13(16)17)9(11-7)12-4-5(14)3-8(12)15/h1-2H,3-4H2. The molecule has 0 aromatic carbocycles. The molecule has 0 radical (unpaired) electrons. The van der Waals surface area contributed by atoms with Gasteiger partial charge in [0, 0.05) is 6.07 Å². The van der Waals surface area contributed by atoms with Crippen molar-refractivity contribution in [1.29, 1.82) is 0 Å². The highest BCUT2D eigenvalue weighted by Gasteiger charge is 2.34. The summed E-state index contributed by atoms with van der Waals surface area (Å²) in [6, 6.07) is 2.41. The van der Waals surface area contributed by atoms with E-state index in [-0.39, 0.29) is 35.4 Å². The summed E-state index contributed by atoms with van der Waals surface area (Å²) in [7, 11) is 0. The van der Waals surface area contributed by atoms with Crippen molar-refractivity contribution in [2.45, 2.75) is 6.42 Å². The van der Waals surface area contributed by atoms with E-state index in [9.17, 15) is 19.7 Å². The van der Waals surface area contributed by atoms with E-state index < -0.39 is 10.8 Å². The lowest BCUT2D eigenvalue weighted by Gasteiger charge is -2.13. The molecule has 0 bridgehead atoms. The molecular weight excluding hydrogens is 250 g/mol.